The molecule has 3 rings (SSSR count). The Morgan fingerprint density at radius 1 is 1.29 bits per heavy atom. The Kier molecular flexibility index (Phi) is 3.36. The van der Waals surface area contributed by atoms with E-state index in [0.29, 0.717) is 33.1 Å². The molecule has 21 heavy (non-hydrogen) atoms. The van der Waals surface area contributed by atoms with Gasteiger partial charge in [-0.05, 0) is 30.3 Å². The third-order valence-electron chi connectivity index (χ3n) is 2.91. The highest BCUT2D eigenvalue weighted by molar-refractivity contribution is 7.00. The van der Waals surface area contributed by atoms with Crippen LogP contribution in [-0.4, -0.2) is 19.8 Å². The van der Waals surface area contributed by atoms with Crippen LogP contribution in [-0.2, 0) is 0 Å². The molecule has 4 N–H and O–H groups in total. The van der Waals surface area contributed by atoms with Gasteiger partial charge in [-0.15, -0.1) is 0 Å². The molecule has 0 saturated heterocycles. The van der Waals surface area contributed by atoms with Gasteiger partial charge in [-0.25, -0.2) is 4.79 Å². The first-order valence-corrected chi connectivity index (χ1v) is 6.97. The topological polar surface area (TPSA) is 101 Å². The Morgan fingerprint density at radius 2 is 2.10 bits per heavy atom. The van der Waals surface area contributed by atoms with E-state index in [1.165, 1.54) is 6.07 Å². The molecular weight excluding hydrogens is 312 g/mol. The lowest BCUT2D eigenvalue weighted by molar-refractivity contribution is 0.0698. The number of benzene rings is 2. The van der Waals surface area contributed by atoms with E-state index in [1.807, 2.05) is 0 Å². The molecule has 0 aliphatic rings. The molecule has 0 spiro atoms. The van der Waals surface area contributed by atoms with Gasteiger partial charge >= 0.3 is 5.97 Å². The highest BCUT2D eigenvalue weighted by Gasteiger charge is 2.15. The van der Waals surface area contributed by atoms with Crippen molar-refractivity contribution in [3.8, 4) is 0 Å². The first-order chi connectivity index (χ1) is 10.1. The van der Waals surface area contributed by atoms with Gasteiger partial charge in [0.1, 0.15) is 11.0 Å². The van der Waals surface area contributed by atoms with Crippen LogP contribution >= 0.6 is 23.3 Å². The van der Waals surface area contributed by atoms with Crippen LogP contribution < -0.4 is 11.1 Å². The first-order valence-electron chi connectivity index (χ1n) is 5.87. The average Bonchev–Trinajstić information content (AvgIpc) is 2.92. The molecule has 6 nitrogen and oxygen atoms in total. The maximum atomic E-state index is 11.3. The lowest BCUT2D eigenvalue weighted by Gasteiger charge is -2.12. The average molecular weight is 321 g/mol. The van der Waals surface area contributed by atoms with Gasteiger partial charge in [-0.1, -0.05) is 11.6 Å². The molecule has 3 aromatic rings. The molecule has 0 atom stereocenters. The fourth-order valence-corrected chi connectivity index (χ4v) is 2.67. The Morgan fingerprint density at radius 3 is 2.86 bits per heavy atom. The van der Waals surface area contributed by atoms with Crippen molar-refractivity contribution in [2.24, 2.45) is 0 Å². The largest absolute Gasteiger partial charge is 0.478 e. The Labute approximate surface area is 128 Å². The number of carbonyl (C=O) groups is 1. The van der Waals surface area contributed by atoms with Crippen molar-refractivity contribution in [3.63, 3.8) is 0 Å². The number of halogens is 1. The molecule has 2 aromatic carbocycles. The Bertz CT molecular complexity index is 849. The maximum absolute atomic E-state index is 11.3. The fourth-order valence-electron chi connectivity index (χ4n) is 1.93. The summed E-state index contributed by atoms with van der Waals surface area (Å²) in [6, 6.07) is 8.03. The Hall–Kier alpha value is -2.38. The third-order valence-corrected chi connectivity index (χ3v) is 3.77. The van der Waals surface area contributed by atoms with Crippen molar-refractivity contribution < 1.29 is 9.90 Å². The van der Waals surface area contributed by atoms with Gasteiger partial charge in [-0.3, -0.25) is 0 Å². The summed E-state index contributed by atoms with van der Waals surface area (Å²) in [7, 11) is 0. The predicted molar refractivity (Wildman–Crippen MR) is 83.5 cm³/mol. The van der Waals surface area contributed by atoms with Gasteiger partial charge in [0.05, 0.1) is 33.7 Å². The van der Waals surface area contributed by atoms with E-state index in [0.717, 1.165) is 11.7 Å². The minimum absolute atomic E-state index is 0.0614. The number of nitrogens with two attached hydrogens (primary N) is 1. The minimum Gasteiger partial charge on any atom is -0.478 e. The van der Waals surface area contributed by atoms with Crippen LogP contribution in [0.3, 0.4) is 0 Å². The Balaban J connectivity index is 2.13. The van der Waals surface area contributed by atoms with Crippen molar-refractivity contribution in [1.29, 1.82) is 0 Å². The van der Waals surface area contributed by atoms with Crippen LogP contribution in [0.4, 0.5) is 17.1 Å². The molecule has 0 fully saturated rings. The first kappa shape index (κ1) is 13.6. The van der Waals surface area contributed by atoms with Gasteiger partial charge < -0.3 is 16.2 Å². The third kappa shape index (κ3) is 2.48. The van der Waals surface area contributed by atoms with Gasteiger partial charge in [0.15, 0.2) is 0 Å². The zero-order valence-corrected chi connectivity index (χ0v) is 12.1. The number of fused-ring (bicyclic) bond motifs is 1. The SMILES string of the molecule is Nc1ccc(Nc2c(Cl)ccc3nsnc23)c(C(=O)O)c1. The van der Waals surface area contributed by atoms with Crippen LogP contribution in [0, 0.1) is 0 Å². The second-order valence-electron chi connectivity index (χ2n) is 4.29. The molecule has 1 heterocycles. The van der Waals surface area contributed by atoms with Gasteiger partial charge in [0.25, 0.3) is 0 Å². The summed E-state index contributed by atoms with van der Waals surface area (Å²) in [5.41, 5.74) is 8.26. The number of anilines is 3. The summed E-state index contributed by atoms with van der Waals surface area (Å²) in [6.07, 6.45) is 0. The summed E-state index contributed by atoms with van der Waals surface area (Å²) in [5, 5.41) is 12.7. The number of carboxylic acids is 1. The summed E-state index contributed by atoms with van der Waals surface area (Å²) >= 11 is 7.24. The molecule has 8 heteroatoms. The van der Waals surface area contributed by atoms with Crippen molar-refractivity contribution in [2.75, 3.05) is 11.1 Å². The molecule has 1 aromatic heterocycles. The van der Waals surface area contributed by atoms with Crippen LogP contribution in [0.2, 0.25) is 5.02 Å². The highest BCUT2D eigenvalue weighted by Crippen LogP contribution is 2.33. The smallest absolute Gasteiger partial charge is 0.337 e. The molecule has 0 bridgehead atoms. The number of hydrogen-bond acceptors (Lipinski definition) is 6. The maximum Gasteiger partial charge on any atom is 0.337 e. The van der Waals surface area contributed by atoms with E-state index in [2.05, 4.69) is 14.1 Å². The number of carboxylic acid groups (broad SMARTS) is 1. The minimum atomic E-state index is -1.08. The van der Waals surface area contributed by atoms with Crippen LogP contribution in [0.5, 0.6) is 0 Å². The molecule has 0 unspecified atom stereocenters. The zero-order valence-electron chi connectivity index (χ0n) is 10.5. The van der Waals surface area contributed by atoms with Crippen molar-refractivity contribution >= 4 is 57.4 Å². The number of nitrogens with one attached hydrogen (secondary N) is 1. The lowest BCUT2D eigenvalue weighted by Crippen LogP contribution is -2.04. The standard InChI is InChI=1S/C13H9ClN4O2S/c14-8-2-4-10-12(18-21-17-10)11(8)16-9-3-1-6(15)5-7(9)13(19)20/h1-5,16H,15H2,(H,19,20). The summed E-state index contributed by atoms with van der Waals surface area (Å²) in [5.74, 6) is -1.08. The fraction of sp³-hybridized carbons (Fsp3) is 0. The molecule has 0 aliphatic heterocycles. The molecule has 0 saturated carbocycles. The van der Waals surface area contributed by atoms with E-state index < -0.39 is 5.97 Å². The van der Waals surface area contributed by atoms with Gasteiger partial charge in [0.2, 0.25) is 0 Å². The van der Waals surface area contributed by atoms with Gasteiger partial charge in [-0.2, -0.15) is 8.75 Å². The molecule has 0 aliphatic carbocycles. The van der Waals surface area contributed by atoms with E-state index in [1.54, 1.807) is 24.3 Å². The quantitative estimate of drug-likeness (QED) is 0.640. The molecule has 0 radical (unpaired) electrons. The van der Waals surface area contributed by atoms with E-state index in [-0.39, 0.29) is 5.56 Å². The number of aromatic carboxylic acids is 1. The number of nitrogen functional groups attached to an aromatic ring is 1. The van der Waals surface area contributed by atoms with Crippen LogP contribution in [0.15, 0.2) is 30.3 Å². The van der Waals surface area contributed by atoms with Gasteiger partial charge in [0, 0.05) is 5.69 Å². The summed E-state index contributed by atoms with van der Waals surface area (Å²) < 4.78 is 8.31. The number of hydrogen-bond donors (Lipinski definition) is 3. The number of aromatic nitrogens is 2. The van der Waals surface area contributed by atoms with Crippen molar-refractivity contribution in [3.05, 3.63) is 40.9 Å². The summed E-state index contributed by atoms with van der Waals surface area (Å²) in [4.78, 5) is 11.3. The van der Waals surface area contributed by atoms with Crippen LogP contribution in [0.1, 0.15) is 10.4 Å². The number of rotatable bonds is 3. The molecular formula is C13H9ClN4O2S. The predicted octanol–water partition coefficient (Wildman–Crippen LogP) is 3.37. The van der Waals surface area contributed by atoms with Crippen molar-refractivity contribution in [1.82, 2.24) is 8.75 Å². The molecule has 106 valence electrons. The van der Waals surface area contributed by atoms with E-state index in [9.17, 15) is 9.90 Å². The van der Waals surface area contributed by atoms with E-state index >= 15 is 0 Å². The molecule has 0 amide bonds. The lowest BCUT2D eigenvalue weighted by atomic mass is 10.1. The number of nitrogens with zero attached hydrogens (tertiary/aromatic N) is 2. The summed E-state index contributed by atoms with van der Waals surface area (Å²) in [6.45, 7) is 0. The normalized spacial score (nSPS) is 10.7. The monoisotopic (exact) mass is 320 g/mol. The highest BCUT2D eigenvalue weighted by atomic mass is 35.5. The van der Waals surface area contributed by atoms with E-state index in [4.69, 9.17) is 17.3 Å². The second-order valence-corrected chi connectivity index (χ2v) is 5.23. The zero-order chi connectivity index (χ0) is 15.0. The van der Waals surface area contributed by atoms with Crippen molar-refractivity contribution in [2.45, 2.75) is 0 Å². The second kappa shape index (κ2) is 5.19. The van der Waals surface area contributed by atoms with Crippen LogP contribution in [0.25, 0.3) is 11.0 Å².